The largest absolute Gasteiger partial charge is 0.496 e. The third-order valence-corrected chi connectivity index (χ3v) is 1.81. The summed E-state index contributed by atoms with van der Waals surface area (Å²) in [5.41, 5.74) is -1.41. The van der Waals surface area contributed by atoms with E-state index in [0.29, 0.717) is 0 Å². The Kier molecular flexibility index (Phi) is 3.70. The van der Waals surface area contributed by atoms with Crippen molar-refractivity contribution >= 4 is 5.97 Å². The van der Waals surface area contributed by atoms with Gasteiger partial charge in [-0.2, -0.15) is 4.39 Å². The molecule has 0 fully saturated rings. The van der Waals surface area contributed by atoms with Crippen LogP contribution in [0.25, 0.3) is 0 Å². The molecule has 88 valence electrons. The van der Waals surface area contributed by atoms with Gasteiger partial charge in [0.15, 0.2) is 5.69 Å². The number of hydrogen-bond acceptors (Lipinski definition) is 4. The van der Waals surface area contributed by atoms with Gasteiger partial charge in [-0.3, -0.25) is 0 Å². The molecule has 7 heteroatoms. The van der Waals surface area contributed by atoms with Gasteiger partial charge in [-0.25, -0.2) is 18.6 Å². The number of alkyl halides is 2. The molecular weight excluding hydrogens is 227 g/mol. The molecule has 0 amide bonds. The average molecular weight is 235 g/mol. The summed E-state index contributed by atoms with van der Waals surface area (Å²) in [5.74, 6) is -2.82. The van der Waals surface area contributed by atoms with Gasteiger partial charge in [-0.1, -0.05) is 0 Å². The van der Waals surface area contributed by atoms with Crippen LogP contribution in [-0.4, -0.2) is 25.2 Å². The highest BCUT2D eigenvalue weighted by Gasteiger charge is 2.24. The van der Waals surface area contributed by atoms with E-state index in [2.05, 4.69) is 14.5 Å². The zero-order valence-electron chi connectivity index (χ0n) is 8.46. The Morgan fingerprint density at radius 3 is 2.50 bits per heavy atom. The summed E-state index contributed by atoms with van der Waals surface area (Å²) in [4.78, 5) is 14.1. The number of aromatic nitrogens is 1. The number of halogens is 3. The highest BCUT2D eigenvalue weighted by molar-refractivity contribution is 5.87. The molecule has 1 aromatic rings. The zero-order chi connectivity index (χ0) is 12.3. The molecule has 0 aliphatic carbocycles. The molecule has 1 rings (SSSR count). The lowest BCUT2D eigenvalue weighted by molar-refractivity contribution is 0.0590. The molecule has 4 nitrogen and oxygen atoms in total. The zero-order valence-corrected chi connectivity index (χ0v) is 8.46. The number of ether oxygens (including phenoxy) is 2. The maximum Gasteiger partial charge on any atom is 0.356 e. The van der Waals surface area contributed by atoms with E-state index < -0.39 is 35.3 Å². The van der Waals surface area contributed by atoms with E-state index in [0.717, 1.165) is 20.3 Å². The van der Waals surface area contributed by atoms with Gasteiger partial charge in [0.25, 0.3) is 6.43 Å². The molecule has 0 radical (unpaired) electrons. The van der Waals surface area contributed by atoms with Crippen LogP contribution in [0.2, 0.25) is 0 Å². The standard InChI is InChI=1S/C9H8F3NO3/c1-15-5-3-4(9(14)16-2)13-8(12)6(5)7(10)11/h3,7H,1-2H3. The molecule has 0 unspecified atom stereocenters. The number of pyridine rings is 1. The van der Waals surface area contributed by atoms with E-state index in [1.165, 1.54) is 0 Å². The highest BCUT2D eigenvalue weighted by Crippen LogP contribution is 2.31. The summed E-state index contributed by atoms with van der Waals surface area (Å²) in [6.45, 7) is 0. The Morgan fingerprint density at radius 2 is 2.06 bits per heavy atom. The smallest absolute Gasteiger partial charge is 0.356 e. The lowest BCUT2D eigenvalue weighted by Gasteiger charge is -2.09. The van der Waals surface area contributed by atoms with Crippen molar-refractivity contribution in [3.05, 3.63) is 23.3 Å². The minimum atomic E-state index is -3.07. The minimum Gasteiger partial charge on any atom is -0.496 e. The van der Waals surface area contributed by atoms with Gasteiger partial charge in [0.1, 0.15) is 11.3 Å². The fourth-order valence-electron chi connectivity index (χ4n) is 1.08. The lowest BCUT2D eigenvalue weighted by atomic mass is 10.2. The maximum atomic E-state index is 13.2. The van der Waals surface area contributed by atoms with Crippen molar-refractivity contribution < 1.29 is 27.4 Å². The second kappa shape index (κ2) is 4.82. The Hall–Kier alpha value is -1.79. The van der Waals surface area contributed by atoms with Gasteiger partial charge in [0.05, 0.1) is 14.2 Å². The first-order valence-corrected chi connectivity index (χ1v) is 4.12. The number of rotatable bonds is 3. The van der Waals surface area contributed by atoms with Crippen LogP contribution < -0.4 is 4.74 Å². The predicted octanol–water partition coefficient (Wildman–Crippen LogP) is 1.95. The summed E-state index contributed by atoms with van der Waals surface area (Å²) in [6.07, 6.45) is -3.07. The summed E-state index contributed by atoms with van der Waals surface area (Å²) in [5, 5.41) is 0. The van der Waals surface area contributed by atoms with Crippen molar-refractivity contribution in [3.63, 3.8) is 0 Å². The number of carbonyl (C=O) groups excluding carboxylic acids is 1. The van der Waals surface area contributed by atoms with E-state index in [1.54, 1.807) is 0 Å². The van der Waals surface area contributed by atoms with Gasteiger partial charge in [0, 0.05) is 6.07 Å². The second-order valence-corrected chi connectivity index (χ2v) is 2.71. The second-order valence-electron chi connectivity index (χ2n) is 2.71. The summed E-state index contributed by atoms with van der Waals surface area (Å²) < 4.78 is 46.8. The fourth-order valence-corrected chi connectivity index (χ4v) is 1.08. The van der Waals surface area contributed by atoms with Crippen molar-refractivity contribution in [1.82, 2.24) is 4.98 Å². The highest BCUT2D eigenvalue weighted by atomic mass is 19.3. The van der Waals surface area contributed by atoms with Crippen molar-refractivity contribution in [2.45, 2.75) is 6.43 Å². The number of hydrogen-bond donors (Lipinski definition) is 0. The van der Waals surface area contributed by atoms with Crippen LogP contribution in [-0.2, 0) is 4.74 Å². The van der Waals surface area contributed by atoms with Crippen LogP contribution in [0.3, 0.4) is 0 Å². The van der Waals surface area contributed by atoms with Crippen LogP contribution >= 0.6 is 0 Å². The monoisotopic (exact) mass is 235 g/mol. The topological polar surface area (TPSA) is 48.4 Å². The van der Waals surface area contributed by atoms with Crippen molar-refractivity contribution in [2.75, 3.05) is 14.2 Å². The molecule has 0 aromatic carbocycles. The van der Waals surface area contributed by atoms with E-state index in [1.807, 2.05) is 0 Å². The maximum absolute atomic E-state index is 13.2. The molecule has 0 aliphatic heterocycles. The Balaban J connectivity index is 3.32. The molecule has 1 aromatic heterocycles. The normalized spacial score (nSPS) is 10.4. The van der Waals surface area contributed by atoms with Crippen molar-refractivity contribution in [3.8, 4) is 5.75 Å². The first-order valence-electron chi connectivity index (χ1n) is 4.12. The predicted molar refractivity (Wildman–Crippen MR) is 47.0 cm³/mol. The van der Waals surface area contributed by atoms with Crippen LogP contribution in [0.4, 0.5) is 13.2 Å². The average Bonchev–Trinajstić information content (AvgIpc) is 2.26. The minimum absolute atomic E-state index is 0.429. The molecule has 0 N–H and O–H groups in total. The van der Waals surface area contributed by atoms with Gasteiger partial charge in [-0.05, 0) is 0 Å². The SMILES string of the molecule is COC(=O)c1cc(OC)c(C(F)F)c(F)n1. The fraction of sp³-hybridized carbons (Fsp3) is 0.333. The molecule has 0 bridgehead atoms. The van der Waals surface area contributed by atoms with Crippen molar-refractivity contribution in [2.24, 2.45) is 0 Å². The molecule has 1 heterocycles. The summed E-state index contributed by atoms with van der Waals surface area (Å²) in [7, 11) is 2.15. The number of nitrogens with zero attached hydrogens (tertiary/aromatic N) is 1. The van der Waals surface area contributed by atoms with Gasteiger partial charge in [0.2, 0.25) is 5.95 Å². The molecule has 0 saturated heterocycles. The van der Waals surface area contributed by atoms with Gasteiger partial charge >= 0.3 is 5.97 Å². The van der Waals surface area contributed by atoms with Crippen LogP contribution in [0.5, 0.6) is 5.75 Å². The van der Waals surface area contributed by atoms with Gasteiger partial charge in [-0.15, -0.1) is 0 Å². The molecule has 0 atom stereocenters. The van der Waals surface area contributed by atoms with E-state index in [-0.39, 0.29) is 0 Å². The Morgan fingerprint density at radius 1 is 1.44 bits per heavy atom. The first kappa shape index (κ1) is 12.3. The summed E-state index contributed by atoms with van der Waals surface area (Å²) in [6, 6.07) is 0.899. The molecular formula is C9H8F3NO3. The third kappa shape index (κ3) is 2.23. The summed E-state index contributed by atoms with van der Waals surface area (Å²) >= 11 is 0. The Labute approximate surface area is 89.0 Å². The lowest BCUT2D eigenvalue weighted by Crippen LogP contribution is -2.09. The van der Waals surface area contributed by atoms with Crippen LogP contribution in [0, 0.1) is 5.95 Å². The van der Waals surface area contributed by atoms with E-state index in [4.69, 9.17) is 0 Å². The molecule has 0 saturated carbocycles. The number of esters is 1. The van der Waals surface area contributed by atoms with E-state index in [9.17, 15) is 18.0 Å². The molecule has 0 aliphatic rings. The van der Waals surface area contributed by atoms with Gasteiger partial charge < -0.3 is 9.47 Å². The number of methoxy groups -OCH3 is 2. The quantitative estimate of drug-likeness (QED) is 0.593. The van der Waals surface area contributed by atoms with E-state index >= 15 is 0 Å². The molecule has 16 heavy (non-hydrogen) atoms. The van der Waals surface area contributed by atoms with Crippen LogP contribution in [0.15, 0.2) is 6.07 Å². The number of carbonyl (C=O) groups is 1. The van der Waals surface area contributed by atoms with Crippen molar-refractivity contribution in [1.29, 1.82) is 0 Å². The first-order chi connectivity index (χ1) is 7.51. The third-order valence-electron chi connectivity index (χ3n) is 1.81. The van der Waals surface area contributed by atoms with Crippen LogP contribution in [0.1, 0.15) is 22.5 Å². The molecule has 0 spiro atoms. The Bertz CT molecular complexity index is 409.